The Kier molecular flexibility index (Phi) is 8.02. The molecule has 9 heteroatoms. The largest absolute Gasteiger partial charge is 0.493 e. The van der Waals surface area contributed by atoms with Gasteiger partial charge in [0.1, 0.15) is 0 Å². The van der Waals surface area contributed by atoms with Crippen LogP contribution in [0.2, 0.25) is 0 Å². The van der Waals surface area contributed by atoms with Crippen LogP contribution in [-0.4, -0.2) is 38.0 Å². The van der Waals surface area contributed by atoms with E-state index in [1.54, 1.807) is 23.1 Å². The van der Waals surface area contributed by atoms with Crippen molar-refractivity contribution in [2.75, 3.05) is 30.6 Å². The molecular weight excluding hydrogens is 460 g/mol. The summed E-state index contributed by atoms with van der Waals surface area (Å²) in [5.74, 6) is -0.557. The summed E-state index contributed by atoms with van der Waals surface area (Å²) in [6, 6.07) is 23.9. The summed E-state index contributed by atoms with van der Waals surface area (Å²) in [5, 5.41) is 2.80. The Bertz CT molecular complexity index is 1200. The highest BCUT2D eigenvalue weighted by Gasteiger charge is 2.35. The highest BCUT2D eigenvalue weighted by molar-refractivity contribution is 6.00. The highest BCUT2D eigenvalue weighted by Crippen LogP contribution is 2.35. The van der Waals surface area contributed by atoms with Gasteiger partial charge in [-0.2, -0.15) is 0 Å². The van der Waals surface area contributed by atoms with Crippen LogP contribution < -0.4 is 30.5 Å². The lowest BCUT2D eigenvalue weighted by Gasteiger charge is -2.18. The van der Waals surface area contributed by atoms with Gasteiger partial charge in [0.2, 0.25) is 11.8 Å². The Hall–Kier alpha value is -4.53. The summed E-state index contributed by atoms with van der Waals surface area (Å²) in [7, 11) is 1.49. The fraction of sp³-hybridized carbons (Fsp3) is 0.222. The number of carbonyl (C=O) groups is 3. The quantitative estimate of drug-likeness (QED) is 0.379. The topological polar surface area (TPSA) is 109 Å². The number of carbonyl (C=O) groups excluding carboxylic acids is 3. The number of hydrazine groups is 1. The molecule has 0 unspecified atom stereocenters. The van der Waals surface area contributed by atoms with Crippen molar-refractivity contribution in [3.05, 3.63) is 84.4 Å². The summed E-state index contributed by atoms with van der Waals surface area (Å²) in [5.41, 5.74) is 7.66. The van der Waals surface area contributed by atoms with E-state index < -0.39 is 5.92 Å². The lowest BCUT2D eigenvalue weighted by Crippen LogP contribution is -2.36. The molecule has 3 aromatic carbocycles. The molecule has 9 nitrogen and oxygen atoms in total. The van der Waals surface area contributed by atoms with Crippen LogP contribution in [0.5, 0.6) is 11.5 Å². The number of nitrogens with zero attached hydrogens (tertiary/aromatic N) is 1. The van der Waals surface area contributed by atoms with Crippen molar-refractivity contribution in [2.24, 2.45) is 5.92 Å². The maximum Gasteiger partial charge on any atom is 0.258 e. The monoisotopic (exact) mass is 488 g/mol. The average molecular weight is 489 g/mol. The van der Waals surface area contributed by atoms with Crippen molar-refractivity contribution >= 4 is 29.1 Å². The number of hydrogen-bond acceptors (Lipinski definition) is 6. The van der Waals surface area contributed by atoms with Crippen molar-refractivity contribution in [1.82, 2.24) is 10.7 Å². The van der Waals surface area contributed by atoms with Gasteiger partial charge in [0.25, 0.3) is 5.91 Å². The summed E-state index contributed by atoms with van der Waals surface area (Å²) < 4.78 is 11.1. The maximum absolute atomic E-state index is 12.8. The predicted molar refractivity (Wildman–Crippen MR) is 135 cm³/mol. The molecule has 4 rings (SSSR count). The molecule has 1 atom stereocenters. The summed E-state index contributed by atoms with van der Waals surface area (Å²) in [6.45, 7) is 0.439. The Morgan fingerprint density at radius 1 is 0.972 bits per heavy atom. The van der Waals surface area contributed by atoms with Gasteiger partial charge in [-0.3, -0.25) is 25.2 Å². The van der Waals surface area contributed by atoms with Crippen molar-refractivity contribution in [3.63, 3.8) is 0 Å². The third-order valence-electron chi connectivity index (χ3n) is 5.76. The van der Waals surface area contributed by atoms with Gasteiger partial charge in [-0.25, -0.2) is 0 Å². The Balaban J connectivity index is 1.34. The van der Waals surface area contributed by atoms with E-state index in [0.29, 0.717) is 24.5 Å². The van der Waals surface area contributed by atoms with Crippen LogP contribution >= 0.6 is 0 Å². The zero-order chi connectivity index (χ0) is 25.3. The molecule has 3 N–H and O–H groups in total. The van der Waals surface area contributed by atoms with Crippen LogP contribution in [0, 0.1) is 5.92 Å². The lowest BCUT2D eigenvalue weighted by atomic mass is 10.1. The van der Waals surface area contributed by atoms with Gasteiger partial charge in [-0.15, -0.1) is 0 Å². The van der Waals surface area contributed by atoms with E-state index >= 15 is 0 Å². The van der Waals surface area contributed by atoms with Crippen LogP contribution in [-0.2, 0) is 20.9 Å². The molecule has 0 aliphatic carbocycles. The zero-order valence-electron chi connectivity index (χ0n) is 19.9. The van der Waals surface area contributed by atoms with E-state index in [0.717, 1.165) is 11.3 Å². The van der Waals surface area contributed by atoms with Gasteiger partial charge in [-0.1, -0.05) is 54.6 Å². The van der Waals surface area contributed by atoms with E-state index in [1.165, 1.54) is 7.11 Å². The van der Waals surface area contributed by atoms with Gasteiger partial charge < -0.3 is 19.7 Å². The van der Waals surface area contributed by atoms with Gasteiger partial charge in [0, 0.05) is 25.2 Å². The summed E-state index contributed by atoms with van der Waals surface area (Å²) >= 11 is 0. The number of para-hydroxylation sites is 2. The fourth-order valence-electron chi connectivity index (χ4n) is 3.88. The summed E-state index contributed by atoms with van der Waals surface area (Å²) in [4.78, 5) is 39.2. The minimum atomic E-state index is -0.510. The number of anilines is 2. The first kappa shape index (κ1) is 24.6. The molecule has 1 aliphatic rings. The third-order valence-corrected chi connectivity index (χ3v) is 5.76. The van der Waals surface area contributed by atoms with Crippen molar-refractivity contribution in [2.45, 2.75) is 13.0 Å². The first-order chi connectivity index (χ1) is 17.5. The molecule has 0 bridgehead atoms. The third kappa shape index (κ3) is 6.12. The molecule has 0 aromatic heterocycles. The molecule has 186 valence electrons. The molecule has 3 amide bonds. The highest BCUT2D eigenvalue weighted by atomic mass is 16.5. The Labute approximate surface area is 209 Å². The molecule has 1 saturated heterocycles. The molecule has 3 aromatic rings. The van der Waals surface area contributed by atoms with Crippen molar-refractivity contribution in [3.8, 4) is 11.5 Å². The predicted octanol–water partition coefficient (Wildman–Crippen LogP) is 2.89. The van der Waals surface area contributed by atoms with Crippen LogP contribution in [0.4, 0.5) is 11.4 Å². The second-order valence-corrected chi connectivity index (χ2v) is 8.24. The number of hydrogen-bond donors (Lipinski definition) is 3. The van der Waals surface area contributed by atoms with Gasteiger partial charge in [0.15, 0.2) is 18.1 Å². The van der Waals surface area contributed by atoms with Crippen molar-refractivity contribution < 1.29 is 23.9 Å². The van der Waals surface area contributed by atoms with Crippen LogP contribution in [0.1, 0.15) is 12.0 Å². The Morgan fingerprint density at radius 3 is 2.42 bits per heavy atom. The fourth-order valence-corrected chi connectivity index (χ4v) is 3.88. The van der Waals surface area contributed by atoms with E-state index in [4.69, 9.17) is 9.47 Å². The van der Waals surface area contributed by atoms with E-state index in [1.807, 2.05) is 60.7 Å². The number of ether oxygens (including phenoxy) is 2. The zero-order valence-corrected chi connectivity index (χ0v) is 19.9. The number of benzene rings is 3. The lowest BCUT2D eigenvalue weighted by molar-refractivity contribution is -0.126. The van der Waals surface area contributed by atoms with E-state index in [-0.39, 0.29) is 36.5 Å². The second kappa shape index (κ2) is 11.7. The number of methoxy groups -OCH3 is 1. The Morgan fingerprint density at radius 2 is 1.69 bits per heavy atom. The number of amides is 3. The molecular formula is C27H28N4O5. The van der Waals surface area contributed by atoms with Gasteiger partial charge in [0.05, 0.1) is 18.7 Å². The summed E-state index contributed by atoms with van der Waals surface area (Å²) in [6.07, 6.45) is 0.117. The van der Waals surface area contributed by atoms with Gasteiger partial charge in [-0.05, 0) is 29.8 Å². The molecule has 36 heavy (non-hydrogen) atoms. The van der Waals surface area contributed by atoms with Crippen molar-refractivity contribution in [1.29, 1.82) is 0 Å². The minimum Gasteiger partial charge on any atom is -0.493 e. The first-order valence-electron chi connectivity index (χ1n) is 11.6. The average Bonchev–Trinajstić information content (AvgIpc) is 3.32. The van der Waals surface area contributed by atoms with E-state index in [9.17, 15) is 14.4 Å². The second-order valence-electron chi connectivity index (χ2n) is 8.24. The molecule has 1 heterocycles. The molecule has 1 fully saturated rings. The number of nitrogens with one attached hydrogen (secondary N) is 3. The van der Waals surface area contributed by atoms with Gasteiger partial charge >= 0.3 is 0 Å². The molecule has 0 saturated carbocycles. The van der Waals surface area contributed by atoms with Crippen LogP contribution in [0.25, 0.3) is 0 Å². The smallest absolute Gasteiger partial charge is 0.258 e. The van der Waals surface area contributed by atoms with E-state index in [2.05, 4.69) is 16.2 Å². The minimum absolute atomic E-state index is 0.103. The maximum atomic E-state index is 12.8. The molecule has 0 radical (unpaired) electrons. The molecule has 1 aliphatic heterocycles. The molecule has 0 spiro atoms. The van der Waals surface area contributed by atoms with Crippen LogP contribution in [0.3, 0.4) is 0 Å². The number of rotatable bonds is 10. The SMILES string of the molecule is COc1cccc(NNC(=O)[C@H]2CC(=O)N(c3ccccc3)C2)c1OCC(=O)NCc1ccccc1. The standard InChI is InChI=1S/C27H28N4O5/c1-35-23-14-8-13-22(26(23)36-18-24(32)28-16-19-9-4-2-5-10-19)29-30-27(34)20-15-25(33)31(17-20)21-11-6-3-7-12-21/h2-14,20,29H,15-18H2,1H3,(H,28,32)(H,30,34)/t20-/m0/s1. The first-order valence-corrected chi connectivity index (χ1v) is 11.6. The normalized spacial score (nSPS) is 14.8. The van der Waals surface area contributed by atoms with Crippen LogP contribution in [0.15, 0.2) is 78.9 Å².